The Hall–Kier alpha value is -2.30. The Morgan fingerprint density at radius 1 is 1.47 bits per heavy atom. The lowest BCUT2D eigenvalue weighted by Crippen LogP contribution is -2.31. The summed E-state index contributed by atoms with van der Waals surface area (Å²) >= 11 is 0. The van der Waals surface area contributed by atoms with Gasteiger partial charge in [0.15, 0.2) is 5.76 Å². The third-order valence-corrected chi connectivity index (χ3v) is 2.22. The minimum atomic E-state index is -0.253. The molecular weight excluding hydrogens is 218 g/mol. The Labute approximate surface area is 98.8 Å². The molecule has 1 aromatic heterocycles. The molecule has 0 aliphatic carbocycles. The fraction of sp³-hybridized carbons (Fsp3) is 0.167. The van der Waals surface area contributed by atoms with Crippen LogP contribution in [0.3, 0.4) is 0 Å². The van der Waals surface area contributed by atoms with Gasteiger partial charge in [-0.1, -0.05) is 29.4 Å². The number of nitrogens with one attached hydrogen (secondary N) is 2. The first kappa shape index (κ1) is 11.2. The van der Waals surface area contributed by atoms with E-state index in [-0.39, 0.29) is 6.03 Å². The third kappa shape index (κ3) is 2.84. The number of benzene rings is 1. The molecule has 0 spiro atoms. The molecule has 2 aromatic rings. The fourth-order valence-corrected chi connectivity index (χ4v) is 1.35. The van der Waals surface area contributed by atoms with Crippen LogP contribution in [0.4, 0.5) is 4.79 Å². The number of hydrogen-bond acceptors (Lipinski definition) is 3. The Morgan fingerprint density at radius 3 is 2.94 bits per heavy atom. The van der Waals surface area contributed by atoms with E-state index in [4.69, 9.17) is 4.52 Å². The van der Waals surface area contributed by atoms with E-state index in [1.165, 1.54) is 0 Å². The van der Waals surface area contributed by atoms with Gasteiger partial charge in [-0.2, -0.15) is 0 Å². The van der Waals surface area contributed by atoms with E-state index in [2.05, 4.69) is 21.9 Å². The smallest absolute Gasteiger partial charge is 0.314 e. The largest absolute Gasteiger partial charge is 0.359 e. The average Bonchev–Trinajstić information content (AvgIpc) is 2.86. The van der Waals surface area contributed by atoms with Crippen molar-refractivity contribution in [2.75, 3.05) is 7.05 Å². The number of urea groups is 1. The maximum absolute atomic E-state index is 11.0. The highest BCUT2D eigenvalue weighted by molar-refractivity contribution is 5.73. The van der Waals surface area contributed by atoms with Crippen molar-refractivity contribution in [3.05, 3.63) is 42.2 Å². The van der Waals surface area contributed by atoms with Crippen LogP contribution in [0.5, 0.6) is 0 Å². The van der Waals surface area contributed by atoms with E-state index in [1.54, 1.807) is 13.1 Å². The second-order valence-electron chi connectivity index (χ2n) is 3.40. The lowest BCUT2D eigenvalue weighted by Gasteiger charge is -1.99. The van der Waals surface area contributed by atoms with Crippen LogP contribution in [-0.2, 0) is 6.54 Å². The number of carbonyl (C=O) groups is 1. The molecule has 0 saturated heterocycles. The second kappa shape index (κ2) is 5.16. The molecule has 1 heterocycles. The number of aromatic nitrogens is 1. The number of rotatable bonds is 3. The maximum Gasteiger partial charge on any atom is 0.314 e. The van der Waals surface area contributed by atoms with Gasteiger partial charge in [-0.05, 0) is 6.07 Å². The first-order valence-corrected chi connectivity index (χ1v) is 5.17. The highest BCUT2D eigenvalue weighted by Crippen LogP contribution is 2.18. The van der Waals surface area contributed by atoms with Gasteiger partial charge in [0, 0.05) is 18.7 Å². The summed E-state index contributed by atoms with van der Waals surface area (Å²) in [6.07, 6.45) is 0. The number of carbonyl (C=O) groups excluding carboxylic acids is 1. The molecule has 0 bridgehead atoms. The predicted octanol–water partition coefficient (Wildman–Crippen LogP) is 1.57. The van der Waals surface area contributed by atoms with Gasteiger partial charge < -0.3 is 15.2 Å². The normalized spacial score (nSPS) is 9.94. The van der Waals surface area contributed by atoms with Crippen LogP contribution in [0.25, 0.3) is 11.3 Å². The third-order valence-electron chi connectivity index (χ3n) is 2.22. The zero-order valence-electron chi connectivity index (χ0n) is 9.36. The minimum absolute atomic E-state index is 0.253. The molecule has 5 heteroatoms. The van der Waals surface area contributed by atoms with Crippen molar-refractivity contribution in [2.24, 2.45) is 0 Å². The van der Waals surface area contributed by atoms with Gasteiger partial charge in [0.2, 0.25) is 0 Å². The molecule has 87 valence electrons. The van der Waals surface area contributed by atoms with Crippen molar-refractivity contribution in [2.45, 2.75) is 6.54 Å². The molecule has 0 unspecified atom stereocenters. The quantitative estimate of drug-likeness (QED) is 0.841. The van der Waals surface area contributed by atoms with E-state index in [0.29, 0.717) is 12.3 Å². The molecular formula is C12H12N3O2. The van der Waals surface area contributed by atoms with Crippen molar-refractivity contribution in [3.8, 4) is 11.3 Å². The summed E-state index contributed by atoms with van der Waals surface area (Å²) in [5, 5.41) is 9.01. The number of hydrogen-bond donors (Lipinski definition) is 2. The molecule has 0 atom stereocenters. The first-order valence-electron chi connectivity index (χ1n) is 5.17. The lowest BCUT2D eigenvalue weighted by atomic mass is 10.1. The summed E-state index contributed by atoms with van der Waals surface area (Å²) in [7, 11) is 1.56. The molecule has 0 fully saturated rings. The summed E-state index contributed by atoms with van der Waals surface area (Å²) < 4.78 is 5.11. The number of amides is 2. The maximum atomic E-state index is 11.0. The zero-order chi connectivity index (χ0) is 12.1. The summed E-state index contributed by atoms with van der Waals surface area (Å²) in [6, 6.07) is 11.9. The average molecular weight is 230 g/mol. The molecule has 1 radical (unpaired) electrons. The first-order chi connectivity index (χ1) is 8.29. The highest BCUT2D eigenvalue weighted by atomic mass is 16.5. The molecule has 0 aliphatic heterocycles. The van der Waals surface area contributed by atoms with Gasteiger partial charge in [0.05, 0.1) is 6.54 Å². The number of nitrogens with zero attached hydrogens (tertiary/aromatic N) is 1. The van der Waals surface area contributed by atoms with Gasteiger partial charge in [-0.15, -0.1) is 0 Å². The van der Waals surface area contributed by atoms with Gasteiger partial charge >= 0.3 is 6.03 Å². The lowest BCUT2D eigenvalue weighted by molar-refractivity contribution is 0.241. The van der Waals surface area contributed by atoms with Gasteiger partial charge in [0.25, 0.3) is 0 Å². The van der Waals surface area contributed by atoms with Crippen molar-refractivity contribution in [1.29, 1.82) is 0 Å². The van der Waals surface area contributed by atoms with E-state index in [9.17, 15) is 4.79 Å². The van der Waals surface area contributed by atoms with Crippen LogP contribution in [0.1, 0.15) is 5.76 Å². The van der Waals surface area contributed by atoms with Crippen LogP contribution < -0.4 is 10.6 Å². The predicted molar refractivity (Wildman–Crippen MR) is 62.1 cm³/mol. The van der Waals surface area contributed by atoms with E-state index in [1.807, 2.05) is 24.3 Å². The van der Waals surface area contributed by atoms with Crippen LogP contribution in [0, 0.1) is 6.07 Å². The van der Waals surface area contributed by atoms with Crippen LogP contribution in [0.15, 0.2) is 34.9 Å². The van der Waals surface area contributed by atoms with Crippen molar-refractivity contribution >= 4 is 6.03 Å². The van der Waals surface area contributed by atoms with Gasteiger partial charge in [-0.25, -0.2) is 4.79 Å². The van der Waals surface area contributed by atoms with E-state index >= 15 is 0 Å². The van der Waals surface area contributed by atoms with Gasteiger partial charge in [0.1, 0.15) is 5.69 Å². The monoisotopic (exact) mass is 230 g/mol. The summed E-state index contributed by atoms with van der Waals surface area (Å²) in [4.78, 5) is 11.0. The molecule has 2 N–H and O–H groups in total. The summed E-state index contributed by atoms with van der Waals surface area (Å²) in [5.74, 6) is 0.608. The summed E-state index contributed by atoms with van der Waals surface area (Å²) in [6.45, 7) is 0.311. The minimum Gasteiger partial charge on any atom is -0.359 e. The molecule has 2 rings (SSSR count). The van der Waals surface area contributed by atoms with Crippen LogP contribution >= 0.6 is 0 Å². The van der Waals surface area contributed by atoms with Gasteiger partial charge in [-0.3, -0.25) is 0 Å². The van der Waals surface area contributed by atoms with Crippen molar-refractivity contribution in [1.82, 2.24) is 15.8 Å². The topological polar surface area (TPSA) is 67.2 Å². The van der Waals surface area contributed by atoms with E-state index < -0.39 is 0 Å². The molecule has 0 aliphatic rings. The Bertz CT molecular complexity index is 493. The van der Waals surface area contributed by atoms with Crippen molar-refractivity contribution in [3.63, 3.8) is 0 Å². The fourth-order valence-electron chi connectivity index (χ4n) is 1.35. The molecule has 2 amide bonds. The Kier molecular flexibility index (Phi) is 3.40. The van der Waals surface area contributed by atoms with Crippen LogP contribution in [-0.4, -0.2) is 18.2 Å². The van der Waals surface area contributed by atoms with E-state index in [0.717, 1.165) is 11.3 Å². The summed E-state index contributed by atoms with van der Waals surface area (Å²) in [5.41, 5.74) is 1.70. The zero-order valence-corrected chi connectivity index (χ0v) is 9.36. The standard InChI is InChI=1S/C12H12N3O2/c1-13-12(16)14-8-10-7-11(15-17-10)9-5-3-2-4-6-9/h3-7H,8H2,1H3,(H2,13,14,16). The highest BCUT2D eigenvalue weighted by Gasteiger charge is 2.06. The second-order valence-corrected chi connectivity index (χ2v) is 3.40. The van der Waals surface area contributed by atoms with Crippen LogP contribution in [0.2, 0.25) is 0 Å². The Balaban J connectivity index is 2.04. The molecule has 0 saturated carbocycles. The molecule has 17 heavy (non-hydrogen) atoms. The molecule has 5 nitrogen and oxygen atoms in total. The Morgan fingerprint density at radius 2 is 2.24 bits per heavy atom. The SMILES string of the molecule is CNC(=O)NCc1cc(-c2cc[c]cc2)no1. The van der Waals surface area contributed by atoms with Crippen molar-refractivity contribution < 1.29 is 9.32 Å². The molecule has 1 aromatic carbocycles.